The summed E-state index contributed by atoms with van der Waals surface area (Å²) in [6.07, 6.45) is 62.7. The number of hydrogen-bond donors (Lipinski definition) is 1. The van der Waals surface area contributed by atoms with Gasteiger partial charge in [-0.25, -0.2) is 9.59 Å². The Kier molecular flexibility index (Phi) is 77.6. The van der Waals surface area contributed by atoms with E-state index in [2.05, 4.69) is 65.9 Å². The van der Waals surface area contributed by atoms with Crippen LogP contribution in [0.25, 0.3) is 0 Å². The summed E-state index contributed by atoms with van der Waals surface area (Å²) in [5.74, 6) is -8.93. The van der Waals surface area contributed by atoms with Gasteiger partial charge in [-0.15, -0.1) is 0 Å². The van der Waals surface area contributed by atoms with Gasteiger partial charge in [0.15, 0.2) is 0 Å². The molecule has 18 heteroatoms. The number of carbonyl (C=O) groups excluding carboxylic acids is 5. The van der Waals surface area contributed by atoms with Crippen molar-refractivity contribution in [2.24, 2.45) is 11.8 Å². The lowest BCUT2D eigenvalue weighted by Crippen LogP contribution is -2.41. The first-order valence-electron chi connectivity index (χ1n) is 47.4. The topological polar surface area (TPSA) is 163 Å². The van der Waals surface area contributed by atoms with Crippen LogP contribution in [-0.4, -0.2) is 159 Å². The number of carboxylic acids is 1. The highest BCUT2D eigenvalue weighted by Gasteiger charge is 2.40. The smallest absolute Gasteiger partial charge is 0.376 e. The molecule has 0 saturated carbocycles. The normalized spacial score (nSPS) is 12.4. The summed E-state index contributed by atoms with van der Waals surface area (Å²) in [7, 11) is 8.13. The van der Waals surface area contributed by atoms with Gasteiger partial charge < -0.3 is 38.9 Å². The fourth-order valence-electron chi connectivity index (χ4n) is 15.5. The van der Waals surface area contributed by atoms with E-state index < -0.39 is 36.6 Å². The van der Waals surface area contributed by atoms with Crippen molar-refractivity contribution in [2.75, 3.05) is 74.2 Å². The van der Waals surface area contributed by atoms with Gasteiger partial charge in [-0.3, -0.25) is 19.2 Å². The van der Waals surface area contributed by atoms with Crippen LogP contribution in [0.5, 0.6) is 0 Å². The number of nitrogens with zero attached hydrogens (tertiary/aromatic N) is 4. The maximum absolute atomic E-state index is 14.1. The van der Waals surface area contributed by atoms with Gasteiger partial charge >= 0.3 is 35.7 Å². The quantitative estimate of drug-likeness (QED) is 0.0266. The van der Waals surface area contributed by atoms with Gasteiger partial charge in [-0.05, 0) is 150 Å². The Morgan fingerprint density at radius 1 is 0.295 bits per heavy atom. The number of esters is 3. The fraction of sp³-hybridized carbons (Fsp3) is 0.936. The van der Waals surface area contributed by atoms with Gasteiger partial charge in [-0.1, -0.05) is 324 Å². The minimum absolute atomic E-state index is 0.0471. The van der Waals surface area contributed by atoms with Gasteiger partial charge in [-0.2, -0.15) is 17.6 Å². The number of carboxylic acid groups (broad SMARTS) is 1. The molecule has 2 atom stereocenters. The summed E-state index contributed by atoms with van der Waals surface area (Å²) in [5.41, 5.74) is 0. The van der Waals surface area contributed by atoms with Gasteiger partial charge in [0.25, 0.3) is 0 Å². The van der Waals surface area contributed by atoms with Crippen LogP contribution in [0.3, 0.4) is 0 Å². The highest BCUT2D eigenvalue weighted by Crippen LogP contribution is 2.30. The van der Waals surface area contributed by atoms with E-state index in [1.165, 1.54) is 193 Å². The molecule has 0 aliphatic carbocycles. The zero-order chi connectivity index (χ0) is 83.4. The van der Waals surface area contributed by atoms with Gasteiger partial charge in [0, 0.05) is 63.7 Å². The number of rotatable bonds is 83. The molecule has 0 aromatic rings. The summed E-state index contributed by atoms with van der Waals surface area (Å²) >= 11 is 0. The van der Waals surface area contributed by atoms with E-state index in [1.807, 2.05) is 28.2 Å². The monoisotopic (exact) mass is 1600 g/mol. The molecule has 0 aromatic carbocycles. The standard InChI is InChI=1S/C48H92F2N2O5.C46H88F2N2O5/c1-7-11-14-15-16-17-19-26-34-44(35-27-21-22-29-39-48(49,50)47(55)56-10-4)52(45(53)36-31-40-51(5)6)41-30-23-18-20-28-37-46(54)57-42-38-43(32-24-12-8-2)33-25-13-9-3;1-6-9-12-13-14-15-17-24-32-42(33-25-19-20-27-37-46(47,48)45(53)54)50(43(51)34-29-38-49(4)5)39-28-21-16-18-26-35-44(52)55-40-36-41(30-22-10-7-2)31-23-11-8-3/h43-44H,7-42H2,1-6H3;41-42H,6-40H2,1-5H3,(H,53,54). The Balaban J connectivity index is 0. The van der Waals surface area contributed by atoms with Crippen LogP contribution in [0.15, 0.2) is 0 Å². The summed E-state index contributed by atoms with van der Waals surface area (Å²) in [6, 6.07) is 0.297. The summed E-state index contributed by atoms with van der Waals surface area (Å²) in [4.78, 5) is 83.4. The first-order valence-corrected chi connectivity index (χ1v) is 47.4. The highest BCUT2D eigenvalue weighted by molar-refractivity contribution is 5.78. The molecule has 2 amide bonds. The molecule has 0 heterocycles. The number of unbranched alkanes of at least 4 members (excludes halogenated alkanes) is 36. The largest absolute Gasteiger partial charge is 0.477 e. The second-order valence-corrected chi connectivity index (χ2v) is 33.9. The van der Waals surface area contributed by atoms with E-state index in [0.717, 1.165) is 187 Å². The van der Waals surface area contributed by atoms with Crippen LogP contribution >= 0.6 is 0 Å². The predicted molar refractivity (Wildman–Crippen MR) is 461 cm³/mol. The Morgan fingerprint density at radius 2 is 0.562 bits per heavy atom. The lowest BCUT2D eigenvalue weighted by molar-refractivity contribution is -0.172. The second kappa shape index (κ2) is 78.6. The summed E-state index contributed by atoms with van der Waals surface area (Å²) in [6.45, 7) is 19.2. The zero-order valence-corrected chi connectivity index (χ0v) is 74.9. The van der Waals surface area contributed by atoms with Crippen molar-refractivity contribution in [1.82, 2.24) is 19.6 Å². The molecule has 1 N–H and O–H groups in total. The van der Waals surface area contributed by atoms with Crippen molar-refractivity contribution in [3.63, 3.8) is 0 Å². The number of halogens is 4. The molecule has 0 aliphatic heterocycles. The third kappa shape index (κ3) is 68.5. The minimum Gasteiger partial charge on any atom is -0.477 e. The first kappa shape index (κ1) is 111. The SMILES string of the molecule is CCCCCCCCCCC(CCCCCCC(F)(F)C(=O)O)N(CCCCCCCC(=O)OCCC(CCCCC)CCCCC)C(=O)CCCN(C)C.CCCCCCCCCCC(CCCCCCC(F)(F)C(=O)OCC)N(CCCCCCCC(=O)OCCC(CCCCC)CCCCC)C(=O)CCCN(C)C. The van der Waals surface area contributed by atoms with Crippen molar-refractivity contribution in [1.29, 1.82) is 0 Å². The van der Waals surface area contributed by atoms with Gasteiger partial charge in [0.05, 0.1) is 19.8 Å². The number of hydrogen-bond acceptors (Lipinski definition) is 11. The number of carbonyl (C=O) groups is 6. The van der Waals surface area contributed by atoms with Crippen molar-refractivity contribution in [3.8, 4) is 0 Å². The highest BCUT2D eigenvalue weighted by atomic mass is 19.3. The van der Waals surface area contributed by atoms with Crippen LogP contribution in [-0.2, 0) is 43.0 Å². The maximum Gasteiger partial charge on any atom is 0.376 e. The van der Waals surface area contributed by atoms with Crippen molar-refractivity contribution in [2.45, 2.75) is 483 Å². The van der Waals surface area contributed by atoms with E-state index in [4.69, 9.17) is 14.6 Å². The lowest BCUT2D eigenvalue weighted by atomic mass is 9.92. The van der Waals surface area contributed by atoms with Crippen LogP contribution in [0.4, 0.5) is 17.6 Å². The van der Waals surface area contributed by atoms with E-state index in [9.17, 15) is 46.3 Å². The molecule has 0 bridgehead atoms. The Hall–Kier alpha value is -3.54. The molecule has 0 radical (unpaired) electrons. The van der Waals surface area contributed by atoms with E-state index in [-0.39, 0.29) is 55.3 Å². The van der Waals surface area contributed by atoms with Gasteiger partial charge in [0.2, 0.25) is 11.8 Å². The Morgan fingerprint density at radius 3 is 0.866 bits per heavy atom. The number of aliphatic carboxylic acids is 1. The van der Waals surface area contributed by atoms with E-state index >= 15 is 0 Å². The van der Waals surface area contributed by atoms with Crippen molar-refractivity contribution in [3.05, 3.63) is 0 Å². The van der Waals surface area contributed by atoms with E-state index in [1.54, 1.807) is 0 Å². The molecule has 664 valence electrons. The van der Waals surface area contributed by atoms with Crippen LogP contribution in [0, 0.1) is 11.8 Å². The van der Waals surface area contributed by atoms with Crippen LogP contribution in [0.2, 0.25) is 0 Å². The first-order chi connectivity index (χ1) is 54.0. The van der Waals surface area contributed by atoms with Crippen LogP contribution in [0.1, 0.15) is 459 Å². The molecule has 0 aliphatic rings. The lowest BCUT2D eigenvalue weighted by Gasteiger charge is -2.33. The average Bonchev–Trinajstić information content (AvgIpc) is 0.881. The summed E-state index contributed by atoms with van der Waals surface area (Å²) < 4.78 is 71.2. The minimum atomic E-state index is -3.66. The maximum atomic E-state index is 14.1. The summed E-state index contributed by atoms with van der Waals surface area (Å²) in [5, 5.41) is 8.74. The molecule has 0 spiro atoms. The van der Waals surface area contributed by atoms with Gasteiger partial charge in [0.1, 0.15) is 0 Å². The predicted octanol–water partition coefficient (Wildman–Crippen LogP) is 26.8. The molecule has 14 nitrogen and oxygen atoms in total. The molecule has 0 aromatic heterocycles. The molecule has 0 rings (SSSR count). The van der Waals surface area contributed by atoms with Crippen molar-refractivity contribution >= 4 is 35.7 Å². The number of ether oxygens (including phenoxy) is 3. The number of amides is 2. The van der Waals surface area contributed by atoms with Crippen LogP contribution < -0.4 is 0 Å². The third-order valence-corrected chi connectivity index (χ3v) is 22.7. The van der Waals surface area contributed by atoms with Crippen molar-refractivity contribution < 1.29 is 65.6 Å². The molecule has 2 unspecified atom stereocenters. The Labute approximate surface area is 686 Å². The number of alkyl halides is 4. The molecule has 0 fully saturated rings. The molecular weight excluding hydrogens is 1420 g/mol. The molecular formula is C94H180F4N4O10. The Bertz CT molecular complexity index is 2140. The van der Waals surface area contributed by atoms with E-state index in [0.29, 0.717) is 63.6 Å². The molecule has 0 saturated heterocycles. The fourth-order valence-corrected chi connectivity index (χ4v) is 15.5. The molecule has 112 heavy (non-hydrogen) atoms. The zero-order valence-electron chi connectivity index (χ0n) is 74.9. The second-order valence-electron chi connectivity index (χ2n) is 33.9. The third-order valence-electron chi connectivity index (χ3n) is 22.7. The average molecular weight is 1600 g/mol.